The molecule has 0 saturated heterocycles. The van der Waals surface area contributed by atoms with Gasteiger partial charge in [0, 0.05) is 12.1 Å². The Morgan fingerprint density at radius 2 is 1.55 bits per heavy atom. The Morgan fingerprint density at radius 3 is 2.25 bits per heavy atom. The molecule has 3 rings (SSSR count). The average molecular weight is 374 g/mol. The van der Waals surface area contributed by atoms with Crippen LogP contribution < -0.4 is 0 Å². The van der Waals surface area contributed by atoms with Crippen molar-refractivity contribution < 1.29 is 0 Å². The summed E-state index contributed by atoms with van der Waals surface area (Å²) in [4.78, 5) is 4.55. The molecular formula is C17H15IN2. The van der Waals surface area contributed by atoms with Gasteiger partial charge in [0.2, 0.25) is 0 Å². The van der Waals surface area contributed by atoms with Crippen molar-refractivity contribution in [2.75, 3.05) is 0 Å². The summed E-state index contributed by atoms with van der Waals surface area (Å²) in [5.74, 6) is 0. The van der Waals surface area contributed by atoms with Gasteiger partial charge >= 0.3 is 0 Å². The molecule has 3 heteroatoms. The van der Waals surface area contributed by atoms with Crippen molar-refractivity contribution in [3.63, 3.8) is 0 Å². The largest absolute Gasteiger partial charge is 0.325 e. The molecule has 0 aliphatic heterocycles. The van der Waals surface area contributed by atoms with Gasteiger partial charge in [-0.05, 0) is 34.6 Å². The van der Waals surface area contributed by atoms with E-state index < -0.39 is 0 Å². The highest BCUT2D eigenvalue weighted by atomic mass is 127. The quantitative estimate of drug-likeness (QED) is 0.619. The molecule has 0 radical (unpaired) electrons. The van der Waals surface area contributed by atoms with Crippen LogP contribution in [0.3, 0.4) is 0 Å². The molecule has 1 aromatic heterocycles. The predicted octanol–water partition coefficient (Wildman–Crippen LogP) is 4.40. The minimum Gasteiger partial charge on any atom is -0.325 e. The van der Waals surface area contributed by atoms with Gasteiger partial charge in [0.25, 0.3) is 0 Å². The summed E-state index contributed by atoms with van der Waals surface area (Å²) in [6.45, 7) is 0.960. The summed E-state index contributed by atoms with van der Waals surface area (Å²) in [6.07, 6.45) is 2.97. The zero-order chi connectivity index (χ0) is 13.8. The molecule has 100 valence electrons. The number of rotatable bonds is 4. The second-order valence-corrected chi connectivity index (χ2v) is 5.70. The number of hydrogen-bond acceptors (Lipinski definition) is 1. The summed E-state index contributed by atoms with van der Waals surface area (Å²) < 4.78 is 3.42. The van der Waals surface area contributed by atoms with E-state index in [-0.39, 0.29) is 0 Å². The normalized spacial score (nSPS) is 10.7. The van der Waals surface area contributed by atoms with E-state index in [4.69, 9.17) is 0 Å². The monoisotopic (exact) mass is 374 g/mol. The molecule has 0 amide bonds. The Bertz CT molecular complexity index is 675. The van der Waals surface area contributed by atoms with E-state index in [1.165, 1.54) is 14.8 Å². The molecule has 3 aromatic rings. The molecule has 20 heavy (non-hydrogen) atoms. The summed E-state index contributed by atoms with van der Waals surface area (Å²) in [5, 5.41) is 0. The SMILES string of the molecule is Ic1c(-c2ccccc2)ncn1CCc1ccccc1. The molecule has 2 aromatic carbocycles. The number of aryl methyl sites for hydroxylation is 2. The van der Waals surface area contributed by atoms with E-state index in [2.05, 4.69) is 86.7 Å². The zero-order valence-electron chi connectivity index (χ0n) is 11.0. The Labute approximate surface area is 132 Å². The molecule has 1 heterocycles. The smallest absolute Gasteiger partial charge is 0.108 e. The molecule has 0 aliphatic rings. The Balaban J connectivity index is 1.78. The maximum Gasteiger partial charge on any atom is 0.108 e. The van der Waals surface area contributed by atoms with Gasteiger partial charge in [0.1, 0.15) is 9.39 Å². The topological polar surface area (TPSA) is 17.8 Å². The first-order valence-corrected chi connectivity index (χ1v) is 7.72. The molecule has 0 aliphatic carbocycles. The molecule has 0 unspecified atom stereocenters. The van der Waals surface area contributed by atoms with Crippen molar-refractivity contribution in [2.45, 2.75) is 13.0 Å². The van der Waals surface area contributed by atoms with Gasteiger partial charge in [-0.25, -0.2) is 4.98 Å². The summed E-state index contributed by atoms with van der Waals surface area (Å²) in [7, 11) is 0. The highest BCUT2D eigenvalue weighted by Crippen LogP contribution is 2.23. The first-order valence-electron chi connectivity index (χ1n) is 6.64. The first-order chi connectivity index (χ1) is 9.84. The molecular weight excluding hydrogens is 359 g/mol. The van der Waals surface area contributed by atoms with Crippen molar-refractivity contribution >= 4 is 22.6 Å². The predicted molar refractivity (Wildman–Crippen MR) is 90.5 cm³/mol. The zero-order valence-corrected chi connectivity index (χ0v) is 13.2. The van der Waals surface area contributed by atoms with Crippen molar-refractivity contribution in [2.24, 2.45) is 0 Å². The lowest BCUT2D eigenvalue weighted by molar-refractivity contribution is 0.682. The van der Waals surface area contributed by atoms with Gasteiger partial charge < -0.3 is 4.57 Å². The van der Waals surface area contributed by atoms with Crippen molar-refractivity contribution in [3.8, 4) is 11.3 Å². The Hall–Kier alpha value is -1.62. The highest BCUT2D eigenvalue weighted by molar-refractivity contribution is 14.1. The lowest BCUT2D eigenvalue weighted by Gasteiger charge is -2.05. The van der Waals surface area contributed by atoms with Crippen molar-refractivity contribution in [3.05, 3.63) is 76.3 Å². The van der Waals surface area contributed by atoms with Crippen LogP contribution in [0.2, 0.25) is 0 Å². The Morgan fingerprint density at radius 1 is 0.900 bits per heavy atom. The summed E-state index contributed by atoms with van der Waals surface area (Å²) in [6, 6.07) is 20.9. The summed E-state index contributed by atoms with van der Waals surface area (Å²) >= 11 is 2.38. The van der Waals surface area contributed by atoms with Crippen molar-refractivity contribution in [1.29, 1.82) is 0 Å². The maximum absolute atomic E-state index is 4.55. The fourth-order valence-electron chi connectivity index (χ4n) is 2.21. The number of halogens is 1. The minimum atomic E-state index is 0.960. The maximum atomic E-state index is 4.55. The van der Waals surface area contributed by atoms with E-state index >= 15 is 0 Å². The van der Waals surface area contributed by atoms with E-state index in [0.29, 0.717) is 0 Å². The molecule has 0 saturated carbocycles. The molecule has 0 N–H and O–H groups in total. The van der Waals surface area contributed by atoms with E-state index in [0.717, 1.165) is 18.7 Å². The van der Waals surface area contributed by atoms with Gasteiger partial charge in [-0.15, -0.1) is 0 Å². The van der Waals surface area contributed by atoms with Gasteiger partial charge in [0.15, 0.2) is 0 Å². The number of benzene rings is 2. The van der Waals surface area contributed by atoms with E-state index in [9.17, 15) is 0 Å². The third kappa shape index (κ3) is 2.93. The van der Waals surface area contributed by atoms with Crippen LogP contribution in [0.5, 0.6) is 0 Å². The third-order valence-corrected chi connectivity index (χ3v) is 4.44. The van der Waals surface area contributed by atoms with Crippen LogP contribution >= 0.6 is 22.6 Å². The van der Waals surface area contributed by atoms with Crippen LogP contribution in [0.1, 0.15) is 5.56 Å². The van der Waals surface area contributed by atoms with Crippen LogP contribution in [0.4, 0.5) is 0 Å². The van der Waals surface area contributed by atoms with Crippen LogP contribution in [-0.4, -0.2) is 9.55 Å². The number of nitrogens with zero attached hydrogens (tertiary/aromatic N) is 2. The fraction of sp³-hybridized carbons (Fsp3) is 0.118. The molecule has 0 bridgehead atoms. The molecule has 2 nitrogen and oxygen atoms in total. The lowest BCUT2D eigenvalue weighted by atomic mass is 10.1. The van der Waals surface area contributed by atoms with E-state index in [1.807, 2.05) is 12.4 Å². The second kappa shape index (κ2) is 6.22. The van der Waals surface area contributed by atoms with Crippen LogP contribution in [-0.2, 0) is 13.0 Å². The van der Waals surface area contributed by atoms with Gasteiger partial charge in [0.05, 0.1) is 6.33 Å². The van der Waals surface area contributed by atoms with Gasteiger partial charge in [-0.1, -0.05) is 60.7 Å². The minimum absolute atomic E-state index is 0.960. The average Bonchev–Trinajstić information content (AvgIpc) is 2.88. The number of hydrogen-bond donors (Lipinski definition) is 0. The standard InChI is InChI=1S/C17H15IN2/c18-17-16(15-9-5-2-6-10-15)19-13-20(17)12-11-14-7-3-1-4-8-14/h1-10,13H,11-12H2. The van der Waals surface area contributed by atoms with Gasteiger partial charge in [-0.2, -0.15) is 0 Å². The summed E-state index contributed by atoms with van der Waals surface area (Å²) in [5.41, 5.74) is 3.60. The third-order valence-electron chi connectivity index (χ3n) is 3.31. The molecule has 0 atom stereocenters. The van der Waals surface area contributed by atoms with Crippen LogP contribution in [0.15, 0.2) is 67.0 Å². The van der Waals surface area contributed by atoms with Crippen LogP contribution in [0.25, 0.3) is 11.3 Å². The second-order valence-electron chi connectivity index (χ2n) is 4.68. The van der Waals surface area contributed by atoms with Crippen molar-refractivity contribution in [1.82, 2.24) is 9.55 Å². The number of imidazole rings is 1. The van der Waals surface area contributed by atoms with E-state index in [1.54, 1.807) is 0 Å². The first kappa shape index (κ1) is 13.4. The lowest BCUT2D eigenvalue weighted by Crippen LogP contribution is -2.02. The fourth-order valence-corrected chi connectivity index (χ4v) is 3.02. The highest BCUT2D eigenvalue weighted by Gasteiger charge is 2.09. The Kier molecular flexibility index (Phi) is 4.16. The molecule has 0 spiro atoms. The van der Waals surface area contributed by atoms with Gasteiger partial charge in [-0.3, -0.25) is 0 Å². The number of aromatic nitrogens is 2. The van der Waals surface area contributed by atoms with Crippen LogP contribution in [0, 0.1) is 3.70 Å². The molecule has 0 fully saturated rings.